The van der Waals surface area contributed by atoms with E-state index in [4.69, 9.17) is 10.5 Å². The summed E-state index contributed by atoms with van der Waals surface area (Å²) in [5.74, 6) is 0.143. The van der Waals surface area contributed by atoms with Crippen LogP contribution < -0.4 is 5.73 Å². The molecule has 2 rings (SSSR count). The van der Waals surface area contributed by atoms with Crippen LogP contribution in [0.25, 0.3) is 0 Å². The molecular formula is C22H32N2O4S. The number of nitrogens with two attached hydrogens (primary N) is 1. The highest BCUT2D eigenvalue weighted by molar-refractivity contribution is 7.89. The third kappa shape index (κ3) is 6.62. The van der Waals surface area contributed by atoms with Gasteiger partial charge in [0.2, 0.25) is 10.0 Å². The van der Waals surface area contributed by atoms with Crippen molar-refractivity contribution in [3.8, 4) is 0 Å². The third-order valence-electron chi connectivity index (χ3n) is 4.79. The molecule has 0 bridgehead atoms. The van der Waals surface area contributed by atoms with Gasteiger partial charge in [-0.15, -0.1) is 0 Å². The number of ether oxygens (including phenoxy) is 1. The van der Waals surface area contributed by atoms with E-state index in [1.807, 2.05) is 44.2 Å². The number of hydrogen-bond donors (Lipinski definition) is 2. The van der Waals surface area contributed by atoms with Crippen molar-refractivity contribution in [1.82, 2.24) is 4.31 Å². The SMILES string of the molecule is COC(CN(CC(C)C)S(=O)(=O)c1ccc(CO)cc1)C(N)Cc1ccccc1. The largest absolute Gasteiger partial charge is 0.392 e. The molecule has 0 aromatic heterocycles. The topological polar surface area (TPSA) is 92.9 Å². The summed E-state index contributed by atoms with van der Waals surface area (Å²) < 4.78 is 33.6. The van der Waals surface area contributed by atoms with Gasteiger partial charge >= 0.3 is 0 Å². The molecule has 0 saturated carbocycles. The molecule has 0 aliphatic heterocycles. The first-order valence-corrected chi connectivity index (χ1v) is 11.2. The summed E-state index contributed by atoms with van der Waals surface area (Å²) in [4.78, 5) is 0.196. The van der Waals surface area contributed by atoms with Crippen LogP contribution in [0.3, 0.4) is 0 Å². The highest BCUT2D eigenvalue weighted by Gasteiger charge is 2.30. The van der Waals surface area contributed by atoms with Crippen molar-refractivity contribution in [2.24, 2.45) is 11.7 Å². The molecule has 0 aliphatic carbocycles. The van der Waals surface area contributed by atoms with E-state index in [1.165, 1.54) is 16.4 Å². The Morgan fingerprint density at radius 2 is 1.62 bits per heavy atom. The normalized spacial score (nSPS) is 14.3. The molecule has 0 fully saturated rings. The van der Waals surface area contributed by atoms with Crippen molar-refractivity contribution in [2.75, 3.05) is 20.2 Å². The van der Waals surface area contributed by atoms with E-state index >= 15 is 0 Å². The minimum atomic E-state index is -3.72. The number of nitrogens with zero attached hydrogens (tertiary/aromatic N) is 1. The standard InChI is InChI=1S/C22H32N2O4S/c1-17(2)14-24(29(26,27)20-11-9-19(16-25)10-12-20)15-22(28-3)21(23)13-18-7-5-4-6-8-18/h4-12,17,21-22,25H,13-16,23H2,1-3H3. The smallest absolute Gasteiger partial charge is 0.243 e. The molecular weight excluding hydrogens is 388 g/mol. The van der Waals surface area contributed by atoms with Crippen molar-refractivity contribution in [2.45, 2.75) is 43.9 Å². The van der Waals surface area contributed by atoms with Gasteiger partial charge in [0.05, 0.1) is 17.6 Å². The van der Waals surface area contributed by atoms with Gasteiger partial charge in [-0.05, 0) is 35.6 Å². The van der Waals surface area contributed by atoms with Crippen LogP contribution in [0.1, 0.15) is 25.0 Å². The summed E-state index contributed by atoms with van der Waals surface area (Å²) >= 11 is 0. The summed E-state index contributed by atoms with van der Waals surface area (Å²) in [6, 6.07) is 15.8. The minimum Gasteiger partial charge on any atom is -0.392 e. The van der Waals surface area contributed by atoms with Crippen molar-refractivity contribution in [1.29, 1.82) is 0 Å². The first-order valence-electron chi connectivity index (χ1n) is 9.80. The van der Waals surface area contributed by atoms with E-state index in [0.717, 1.165) is 5.56 Å². The van der Waals surface area contributed by atoms with E-state index in [2.05, 4.69) is 0 Å². The summed E-state index contributed by atoms with van der Waals surface area (Å²) in [6.45, 7) is 4.36. The summed E-state index contributed by atoms with van der Waals surface area (Å²) in [7, 11) is -2.16. The van der Waals surface area contributed by atoms with Gasteiger partial charge in [-0.25, -0.2) is 8.42 Å². The second-order valence-corrected chi connectivity index (χ2v) is 9.58. The Hall–Kier alpha value is -1.77. The third-order valence-corrected chi connectivity index (χ3v) is 6.64. The van der Waals surface area contributed by atoms with Crippen molar-refractivity contribution >= 4 is 10.0 Å². The Bertz CT molecular complexity index is 839. The number of benzene rings is 2. The van der Waals surface area contributed by atoms with Crippen LogP contribution >= 0.6 is 0 Å². The lowest BCUT2D eigenvalue weighted by molar-refractivity contribution is 0.0624. The Morgan fingerprint density at radius 3 is 2.14 bits per heavy atom. The van der Waals surface area contributed by atoms with E-state index < -0.39 is 16.1 Å². The van der Waals surface area contributed by atoms with Gasteiger partial charge in [-0.2, -0.15) is 4.31 Å². The lowest BCUT2D eigenvalue weighted by Gasteiger charge is -2.30. The Kier molecular flexibility index (Phi) is 8.79. The fraction of sp³-hybridized carbons (Fsp3) is 0.455. The van der Waals surface area contributed by atoms with Crippen LogP contribution in [0.5, 0.6) is 0 Å². The molecule has 2 aromatic carbocycles. The molecule has 2 unspecified atom stereocenters. The zero-order chi connectivity index (χ0) is 21.4. The van der Waals surface area contributed by atoms with Crippen LogP contribution in [0, 0.1) is 5.92 Å². The molecule has 0 saturated heterocycles. The number of sulfonamides is 1. The van der Waals surface area contributed by atoms with Crippen molar-refractivity contribution in [3.63, 3.8) is 0 Å². The predicted octanol–water partition coefficient (Wildman–Crippen LogP) is 2.41. The van der Waals surface area contributed by atoms with Gasteiger partial charge in [0, 0.05) is 26.2 Å². The van der Waals surface area contributed by atoms with Crippen LogP contribution in [0.4, 0.5) is 0 Å². The maximum Gasteiger partial charge on any atom is 0.243 e. The lowest BCUT2D eigenvalue weighted by Crippen LogP contribution is -2.48. The average Bonchev–Trinajstić information content (AvgIpc) is 2.71. The van der Waals surface area contributed by atoms with Crippen LogP contribution in [0.15, 0.2) is 59.5 Å². The number of hydrogen-bond acceptors (Lipinski definition) is 5. The van der Waals surface area contributed by atoms with Gasteiger partial charge in [-0.1, -0.05) is 56.3 Å². The molecule has 0 aliphatic rings. The first-order chi connectivity index (χ1) is 13.8. The zero-order valence-electron chi connectivity index (χ0n) is 17.4. The molecule has 0 radical (unpaired) electrons. The Balaban J connectivity index is 2.22. The van der Waals surface area contributed by atoms with Gasteiger partial charge in [0.25, 0.3) is 0 Å². The number of aliphatic hydroxyl groups excluding tert-OH is 1. The van der Waals surface area contributed by atoms with Gasteiger partial charge < -0.3 is 15.6 Å². The second kappa shape index (κ2) is 10.8. The molecule has 160 valence electrons. The molecule has 0 amide bonds. The maximum atomic E-state index is 13.3. The maximum absolute atomic E-state index is 13.3. The molecule has 7 heteroatoms. The zero-order valence-corrected chi connectivity index (χ0v) is 18.2. The van der Waals surface area contributed by atoms with E-state index in [9.17, 15) is 13.5 Å². The van der Waals surface area contributed by atoms with E-state index in [-0.39, 0.29) is 30.0 Å². The van der Waals surface area contributed by atoms with Crippen molar-refractivity contribution in [3.05, 3.63) is 65.7 Å². The number of aliphatic hydroxyl groups is 1. The van der Waals surface area contributed by atoms with Gasteiger partial charge in [0.15, 0.2) is 0 Å². The number of rotatable bonds is 11. The highest BCUT2D eigenvalue weighted by Crippen LogP contribution is 2.20. The average molecular weight is 421 g/mol. The minimum absolute atomic E-state index is 0.129. The van der Waals surface area contributed by atoms with Gasteiger partial charge in [0.1, 0.15) is 0 Å². The first kappa shape index (κ1) is 23.5. The molecule has 3 N–H and O–H groups in total. The Morgan fingerprint density at radius 1 is 1.00 bits per heavy atom. The fourth-order valence-electron chi connectivity index (χ4n) is 3.20. The number of methoxy groups -OCH3 is 1. The molecule has 6 nitrogen and oxygen atoms in total. The lowest BCUT2D eigenvalue weighted by atomic mass is 10.0. The Labute approximate surface area is 174 Å². The summed E-state index contributed by atoms with van der Waals surface area (Å²) in [5, 5.41) is 9.20. The summed E-state index contributed by atoms with van der Waals surface area (Å²) in [5.41, 5.74) is 8.13. The second-order valence-electron chi connectivity index (χ2n) is 7.65. The predicted molar refractivity (Wildman–Crippen MR) is 115 cm³/mol. The van der Waals surface area contributed by atoms with Crippen LogP contribution in [0.2, 0.25) is 0 Å². The molecule has 29 heavy (non-hydrogen) atoms. The van der Waals surface area contributed by atoms with Crippen LogP contribution in [-0.4, -0.2) is 50.2 Å². The molecule has 2 atom stereocenters. The monoisotopic (exact) mass is 420 g/mol. The van der Waals surface area contributed by atoms with E-state index in [1.54, 1.807) is 19.2 Å². The van der Waals surface area contributed by atoms with Crippen molar-refractivity contribution < 1.29 is 18.3 Å². The molecule has 0 spiro atoms. The quantitative estimate of drug-likeness (QED) is 0.582. The highest BCUT2D eigenvalue weighted by atomic mass is 32.2. The fourth-order valence-corrected chi connectivity index (χ4v) is 4.81. The van der Waals surface area contributed by atoms with E-state index in [0.29, 0.717) is 18.5 Å². The molecule has 0 heterocycles. The summed E-state index contributed by atoms with van der Waals surface area (Å²) in [6.07, 6.45) is 0.153. The molecule has 2 aromatic rings. The van der Waals surface area contributed by atoms with Gasteiger partial charge in [-0.3, -0.25) is 0 Å². The van der Waals surface area contributed by atoms with Crippen LogP contribution in [-0.2, 0) is 27.8 Å².